The van der Waals surface area contributed by atoms with E-state index in [0.29, 0.717) is 24.7 Å². The van der Waals surface area contributed by atoms with Crippen molar-refractivity contribution in [3.8, 4) is 0 Å². The van der Waals surface area contributed by atoms with Crippen LogP contribution in [-0.2, 0) is 11.2 Å². The third-order valence-corrected chi connectivity index (χ3v) is 6.70. The van der Waals surface area contributed by atoms with Gasteiger partial charge in [-0.15, -0.1) is 0 Å². The Hall–Kier alpha value is -2.89. The van der Waals surface area contributed by atoms with Crippen molar-refractivity contribution in [2.24, 2.45) is 5.92 Å². The number of hydrogen-bond acceptors (Lipinski definition) is 4. The van der Waals surface area contributed by atoms with Crippen LogP contribution in [0.2, 0.25) is 0 Å². The van der Waals surface area contributed by atoms with E-state index in [0.717, 1.165) is 35.7 Å². The first kappa shape index (κ1) is 20.0. The Labute approximate surface area is 183 Å². The first-order chi connectivity index (χ1) is 15.2. The quantitative estimate of drug-likeness (QED) is 0.489. The number of anilines is 1. The van der Waals surface area contributed by atoms with Crippen LogP contribution in [0.25, 0.3) is 10.9 Å². The number of rotatable bonds is 8. The van der Waals surface area contributed by atoms with Gasteiger partial charge in [-0.3, -0.25) is 4.79 Å². The summed E-state index contributed by atoms with van der Waals surface area (Å²) in [5.74, 6) is 2.83. The largest absolute Gasteiger partial charge is 0.373 e. The zero-order chi connectivity index (χ0) is 21.2. The van der Waals surface area contributed by atoms with Crippen molar-refractivity contribution in [2.45, 2.75) is 63.3 Å². The molecule has 3 N–H and O–H groups in total. The number of H-pyrrole nitrogens is 1. The molecular weight excluding hydrogens is 386 g/mol. The second-order valence-electron chi connectivity index (χ2n) is 9.10. The van der Waals surface area contributed by atoms with Crippen molar-refractivity contribution in [1.82, 2.24) is 20.3 Å². The predicted octanol–water partition coefficient (Wildman–Crippen LogP) is 4.86. The van der Waals surface area contributed by atoms with E-state index in [4.69, 9.17) is 4.98 Å². The van der Waals surface area contributed by atoms with Crippen LogP contribution in [0.4, 0.5) is 5.82 Å². The number of aromatic amines is 1. The number of fused-ring (bicyclic) bond motifs is 1. The number of nitrogens with zero attached hydrogens (tertiary/aromatic N) is 2. The molecule has 2 heterocycles. The maximum atomic E-state index is 13.0. The lowest BCUT2D eigenvalue weighted by atomic mass is 10.00. The third-order valence-electron chi connectivity index (χ3n) is 6.70. The fraction of sp³-hybridized carbons (Fsp3) is 0.480. The van der Waals surface area contributed by atoms with Crippen LogP contribution < -0.4 is 10.6 Å². The Bertz CT molecular complexity index is 1060. The SMILES string of the molecule is CNc1cc([C@@H](Cc2c[nH]c3ccccc23)NC(=O)CC2CCCC2)nc(C2CC2)n1. The zero-order valence-electron chi connectivity index (χ0n) is 18.2. The number of hydrogen-bond donors (Lipinski definition) is 3. The van der Waals surface area contributed by atoms with Gasteiger partial charge in [-0.2, -0.15) is 0 Å². The Balaban J connectivity index is 1.44. The lowest BCUT2D eigenvalue weighted by Crippen LogP contribution is -2.32. The minimum Gasteiger partial charge on any atom is -0.373 e. The normalized spacial score (nSPS) is 17.7. The van der Waals surface area contributed by atoms with Gasteiger partial charge in [0.05, 0.1) is 11.7 Å². The first-order valence-electron chi connectivity index (χ1n) is 11.6. The standard InChI is InChI=1S/C25H31N5O/c1-26-23-14-22(29-25(30-23)17-10-11-17)21(28-24(31)12-16-6-2-3-7-16)13-18-15-27-20-9-5-4-8-19(18)20/h4-5,8-9,14-17,21,27H,2-3,6-7,10-13H2,1H3,(H,28,31)(H,26,29,30)/t21-/m1/s1. The summed E-state index contributed by atoms with van der Waals surface area (Å²) in [6, 6.07) is 10.1. The molecule has 1 atom stereocenters. The van der Waals surface area contributed by atoms with E-state index in [1.807, 2.05) is 19.2 Å². The highest BCUT2D eigenvalue weighted by molar-refractivity contribution is 5.83. The van der Waals surface area contributed by atoms with E-state index in [2.05, 4.69) is 45.0 Å². The number of amides is 1. The first-order valence-corrected chi connectivity index (χ1v) is 11.6. The number of para-hydroxylation sites is 1. The zero-order valence-corrected chi connectivity index (χ0v) is 18.2. The summed E-state index contributed by atoms with van der Waals surface area (Å²) < 4.78 is 0. The van der Waals surface area contributed by atoms with Crippen molar-refractivity contribution >= 4 is 22.6 Å². The summed E-state index contributed by atoms with van der Waals surface area (Å²) in [5.41, 5.74) is 3.21. The Kier molecular flexibility index (Phi) is 5.62. The van der Waals surface area contributed by atoms with E-state index in [1.54, 1.807) is 0 Å². The molecule has 0 saturated heterocycles. The fourth-order valence-electron chi connectivity index (χ4n) is 4.80. The van der Waals surface area contributed by atoms with E-state index in [1.165, 1.54) is 36.6 Å². The smallest absolute Gasteiger partial charge is 0.220 e. The van der Waals surface area contributed by atoms with Crippen molar-refractivity contribution in [3.05, 3.63) is 53.6 Å². The van der Waals surface area contributed by atoms with Crippen molar-refractivity contribution in [1.29, 1.82) is 0 Å². The Morgan fingerprint density at radius 1 is 1.16 bits per heavy atom. The van der Waals surface area contributed by atoms with Crippen LogP contribution in [0, 0.1) is 5.92 Å². The summed E-state index contributed by atoms with van der Waals surface area (Å²) in [6.45, 7) is 0. The van der Waals surface area contributed by atoms with Crippen LogP contribution in [0.15, 0.2) is 36.5 Å². The van der Waals surface area contributed by atoms with Gasteiger partial charge in [-0.1, -0.05) is 31.0 Å². The molecule has 0 spiro atoms. The molecule has 0 radical (unpaired) electrons. The molecule has 2 aliphatic carbocycles. The fourth-order valence-corrected chi connectivity index (χ4v) is 4.80. The molecule has 6 heteroatoms. The number of carbonyl (C=O) groups is 1. The summed E-state index contributed by atoms with van der Waals surface area (Å²) >= 11 is 0. The van der Waals surface area contributed by atoms with Crippen LogP contribution >= 0.6 is 0 Å². The van der Waals surface area contributed by atoms with Crippen LogP contribution in [0.1, 0.15) is 74.0 Å². The Morgan fingerprint density at radius 2 is 1.97 bits per heavy atom. The molecular formula is C25H31N5O. The van der Waals surface area contributed by atoms with Crippen molar-refractivity contribution in [3.63, 3.8) is 0 Å². The molecule has 0 unspecified atom stereocenters. The van der Waals surface area contributed by atoms with Gasteiger partial charge >= 0.3 is 0 Å². The summed E-state index contributed by atoms with van der Waals surface area (Å²) in [6.07, 6.45) is 10.5. The molecule has 0 aliphatic heterocycles. The van der Waals surface area contributed by atoms with Gasteiger partial charge in [0.1, 0.15) is 11.6 Å². The van der Waals surface area contributed by atoms with Gasteiger partial charge in [0.15, 0.2) is 0 Å². The van der Waals surface area contributed by atoms with Crippen LogP contribution in [-0.4, -0.2) is 27.9 Å². The molecule has 5 rings (SSSR count). The Morgan fingerprint density at radius 3 is 2.74 bits per heavy atom. The topological polar surface area (TPSA) is 82.7 Å². The van der Waals surface area contributed by atoms with Gasteiger partial charge in [0.2, 0.25) is 5.91 Å². The molecule has 31 heavy (non-hydrogen) atoms. The van der Waals surface area contributed by atoms with Crippen LogP contribution in [0.5, 0.6) is 0 Å². The number of benzene rings is 1. The molecule has 2 aromatic heterocycles. The lowest BCUT2D eigenvalue weighted by molar-refractivity contribution is -0.122. The van der Waals surface area contributed by atoms with E-state index < -0.39 is 0 Å². The maximum Gasteiger partial charge on any atom is 0.220 e. The average molecular weight is 418 g/mol. The molecule has 1 amide bonds. The minimum absolute atomic E-state index is 0.134. The summed E-state index contributed by atoms with van der Waals surface area (Å²) in [7, 11) is 1.89. The van der Waals surface area contributed by atoms with Crippen LogP contribution in [0.3, 0.4) is 0 Å². The third kappa shape index (κ3) is 4.58. The predicted molar refractivity (Wildman–Crippen MR) is 123 cm³/mol. The molecule has 2 aliphatic rings. The molecule has 6 nitrogen and oxygen atoms in total. The number of carbonyl (C=O) groups excluding carboxylic acids is 1. The summed E-state index contributed by atoms with van der Waals surface area (Å²) in [4.78, 5) is 25.9. The van der Waals surface area contributed by atoms with E-state index >= 15 is 0 Å². The summed E-state index contributed by atoms with van der Waals surface area (Å²) in [5, 5.41) is 7.70. The molecule has 0 bridgehead atoms. The van der Waals surface area contributed by atoms with Gasteiger partial charge in [-0.05, 0) is 43.2 Å². The van der Waals surface area contributed by atoms with Crippen molar-refractivity contribution in [2.75, 3.05) is 12.4 Å². The highest BCUT2D eigenvalue weighted by atomic mass is 16.1. The number of aromatic nitrogens is 3. The second-order valence-corrected chi connectivity index (χ2v) is 9.10. The maximum absolute atomic E-state index is 13.0. The second kappa shape index (κ2) is 8.69. The number of nitrogens with one attached hydrogen (secondary N) is 3. The monoisotopic (exact) mass is 417 g/mol. The lowest BCUT2D eigenvalue weighted by Gasteiger charge is -2.21. The van der Waals surface area contributed by atoms with E-state index in [9.17, 15) is 4.79 Å². The van der Waals surface area contributed by atoms with Gasteiger partial charge in [-0.25, -0.2) is 9.97 Å². The molecule has 2 fully saturated rings. The minimum atomic E-state index is -0.180. The molecule has 162 valence electrons. The highest BCUT2D eigenvalue weighted by Gasteiger charge is 2.29. The van der Waals surface area contributed by atoms with Gasteiger partial charge in [0.25, 0.3) is 0 Å². The highest BCUT2D eigenvalue weighted by Crippen LogP contribution is 2.39. The van der Waals surface area contributed by atoms with E-state index in [-0.39, 0.29) is 11.9 Å². The molecule has 3 aromatic rings. The average Bonchev–Trinajstić information content (AvgIpc) is 3.38. The van der Waals surface area contributed by atoms with Gasteiger partial charge in [0, 0.05) is 49.0 Å². The molecule has 2 saturated carbocycles. The van der Waals surface area contributed by atoms with Gasteiger partial charge < -0.3 is 15.6 Å². The molecule has 1 aromatic carbocycles. The van der Waals surface area contributed by atoms with Crippen molar-refractivity contribution < 1.29 is 4.79 Å².